The van der Waals surface area contributed by atoms with Gasteiger partial charge in [-0.1, -0.05) is 41.7 Å². The van der Waals surface area contributed by atoms with Crippen molar-refractivity contribution in [2.45, 2.75) is 19.6 Å². The number of rotatable bonds is 5. The Bertz CT molecular complexity index is 3640. The van der Waals surface area contributed by atoms with Crippen LogP contribution in [0.25, 0.3) is 43.6 Å². The summed E-state index contributed by atoms with van der Waals surface area (Å²) >= 11 is 9.44. The molecule has 0 atom stereocenters. The Hall–Kier alpha value is -7.04. The maximum absolute atomic E-state index is 13.6. The SMILES string of the molecule is O=C1/C(=C\c2ccc(N3c4cc(-c5ccc6c(n5)N(c5ccc(/C=C7\C(=O)c8cc9ccsc9cc8C7=O)s5)c5ccccc5S6)ccc4Sc4cccnc43)s2)C(=O)c2cc3sccc3cc21. The fourth-order valence-corrected chi connectivity index (χ4v) is 14.8. The van der Waals surface area contributed by atoms with Crippen LogP contribution >= 0.6 is 68.9 Å². The van der Waals surface area contributed by atoms with E-state index in [2.05, 4.69) is 58.3 Å². The second-order valence-corrected chi connectivity index (χ2v) is 22.6. The molecule has 6 aromatic heterocycles. The number of thiophene rings is 4. The van der Waals surface area contributed by atoms with Crippen molar-refractivity contribution < 1.29 is 19.2 Å². The first-order valence-electron chi connectivity index (χ1n) is 21.3. The van der Waals surface area contributed by atoms with Gasteiger partial charge in [-0.15, -0.1) is 45.3 Å². The van der Waals surface area contributed by atoms with Gasteiger partial charge in [0.2, 0.25) is 0 Å². The Morgan fingerprint density at radius 1 is 0.471 bits per heavy atom. The van der Waals surface area contributed by atoms with Crippen LogP contribution in [-0.4, -0.2) is 33.1 Å². The maximum Gasteiger partial charge on any atom is 0.197 e. The van der Waals surface area contributed by atoms with Crippen molar-refractivity contribution in [1.29, 1.82) is 0 Å². The minimum absolute atomic E-state index is 0.176. The molecule has 0 saturated heterocycles. The number of anilines is 6. The predicted molar refractivity (Wildman–Crippen MR) is 278 cm³/mol. The number of carbonyl (C=O) groups excluding carboxylic acids is 4. The van der Waals surface area contributed by atoms with Gasteiger partial charge in [-0.25, -0.2) is 9.97 Å². The molecule has 0 bridgehead atoms. The molecule has 0 saturated carbocycles. The Balaban J connectivity index is 0.818. The molecule has 4 aromatic carbocycles. The lowest BCUT2D eigenvalue weighted by atomic mass is 10.1. The third kappa shape index (κ3) is 6.18. The van der Waals surface area contributed by atoms with E-state index in [1.807, 2.05) is 89.6 Å². The molecule has 0 radical (unpaired) electrons. The molecule has 0 amide bonds. The predicted octanol–water partition coefficient (Wildman–Crippen LogP) is 15.5. The summed E-state index contributed by atoms with van der Waals surface area (Å²) in [6, 6.07) is 42.1. The molecule has 68 heavy (non-hydrogen) atoms. The van der Waals surface area contributed by atoms with Crippen molar-refractivity contribution in [2.75, 3.05) is 9.80 Å². The number of hydrogen-bond donors (Lipinski definition) is 0. The number of Topliss-reactive ketones (excluding diaryl/α,β-unsaturated/α-hetero) is 4. The molecule has 2 aliphatic carbocycles. The summed E-state index contributed by atoms with van der Waals surface area (Å²) in [4.78, 5) is 74.9. The Morgan fingerprint density at radius 3 is 1.66 bits per heavy atom. The maximum atomic E-state index is 13.6. The summed E-state index contributed by atoms with van der Waals surface area (Å²) in [6.07, 6.45) is 5.25. The van der Waals surface area contributed by atoms with Crippen LogP contribution in [0.2, 0.25) is 0 Å². The third-order valence-corrected chi connectivity index (χ3v) is 18.4. The van der Waals surface area contributed by atoms with E-state index >= 15 is 0 Å². The summed E-state index contributed by atoms with van der Waals surface area (Å²) in [5, 5.41) is 7.65. The Labute approximate surface area is 411 Å². The first kappa shape index (κ1) is 40.1. The van der Waals surface area contributed by atoms with Gasteiger partial charge in [-0.05, 0) is 143 Å². The second kappa shape index (κ2) is 15.2. The van der Waals surface area contributed by atoms with Crippen LogP contribution in [0.3, 0.4) is 0 Å². The Morgan fingerprint density at radius 2 is 1.01 bits per heavy atom. The first-order valence-corrected chi connectivity index (χ1v) is 26.3. The van der Waals surface area contributed by atoms with E-state index in [0.717, 1.165) is 93.8 Å². The standard InChI is InChI=1S/C54H26N4O4S6/c59-49-32-20-28-15-18-63-45(28)25-34(32)51(61)36(49)23-30-8-13-47(65-30)57-39-4-1-2-5-41(39)67-44-12-10-38(56-54(44)57)27-7-11-42-40(22-27)58(53-43(68-42)6-3-17-55-53)48-14-9-31(66-48)24-37-50(60)33-21-29-16-19-64-46(29)26-35(33)52(37)62/h1-26H/b36-23+,37-24+. The molecule has 2 aliphatic heterocycles. The molecule has 8 heterocycles. The van der Waals surface area contributed by atoms with Gasteiger partial charge in [0.05, 0.1) is 38.0 Å². The van der Waals surface area contributed by atoms with E-state index in [1.54, 1.807) is 64.5 Å². The molecule has 0 fully saturated rings. The fraction of sp³-hybridized carbons (Fsp3) is 0. The number of hydrogen-bond acceptors (Lipinski definition) is 14. The van der Waals surface area contributed by atoms with E-state index in [-0.39, 0.29) is 34.3 Å². The molecule has 10 aromatic rings. The van der Waals surface area contributed by atoms with Crippen molar-refractivity contribution in [2.24, 2.45) is 0 Å². The molecular formula is C54H26N4O4S6. The summed E-state index contributed by atoms with van der Waals surface area (Å²) < 4.78 is 1.97. The van der Waals surface area contributed by atoms with Crippen LogP contribution in [0.5, 0.6) is 0 Å². The van der Waals surface area contributed by atoms with Gasteiger partial charge in [-0.2, -0.15) is 0 Å². The minimum Gasteiger partial charge on any atom is -0.288 e. The molecular weight excluding hydrogens is 961 g/mol. The van der Waals surface area contributed by atoms with Crippen LogP contribution in [0.4, 0.5) is 33.0 Å². The molecule has 4 aliphatic rings. The zero-order valence-electron chi connectivity index (χ0n) is 34.9. The van der Waals surface area contributed by atoms with Crippen molar-refractivity contribution in [3.05, 3.63) is 188 Å². The van der Waals surface area contributed by atoms with Gasteiger partial charge in [-0.3, -0.25) is 29.0 Å². The van der Waals surface area contributed by atoms with E-state index < -0.39 is 0 Å². The van der Waals surface area contributed by atoms with E-state index in [9.17, 15) is 19.2 Å². The summed E-state index contributed by atoms with van der Waals surface area (Å²) in [6.45, 7) is 0. The monoisotopic (exact) mass is 986 g/mol. The minimum atomic E-state index is -0.248. The highest BCUT2D eigenvalue weighted by atomic mass is 32.2. The topological polar surface area (TPSA) is 101 Å². The number of fused-ring (bicyclic) bond motifs is 8. The van der Waals surface area contributed by atoms with Gasteiger partial charge in [0.15, 0.2) is 34.8 Å². The van der Waals surface area contributed by atoms with Crippen molar-refractivity contribution in [3.63, 3.8) is 0 Å². The highest BCUT2D eigenvalue weighted by Crippen LogP contribution is 2.55. The third-order valence-electron chi connectivity index (χ3n) is 12.4. The van der Waals surface area contributed by atoms with Gasteiger partial charge in [0.25, 0.3) is 0 Å². The molecule has 0 unspecified atom stereocenters. The van der Waals surface area contributed by atoms with Crippen molar-refractivity contribution in [1.82, 2.24) is 9.97 Å². The lowest BCUT2D eigenvalue weighted by Crippen LogP contribution is -2.16. The molecule has 14 rings (SSSR count). The van der Waals surface area contributed by atoms with E-state index in [1.165, 1.54) is 22.7 Å². The van der Waals surface area contributed by atoms with Gasteiger partial charge in [0, 0.05) is 63.0 Å². The summed E-state index contributed by atoms with van der Waals surface area (Å²) in [5.74, 6) is 0.582. The Kier molecular flexibility index (Phi) is 8.98. The highest BCUT2D eigenvalue weighted by Gasteiger charge is 2.36. The number of allylic oxidation sites excluding steroid dienone is 2. The normalized spacial score (nSPS) is 15.9. The molecule has 8 nitrogen and oxygen atoms in total. The quantitative estimate of drug-likeness (QED) is 0.122. The molecule has 322 valence electrons. The van der Waals surface area contributed by atoms with Crippen LogP contribution in [-0.2, 0) is 0 Å². The van der Waals surface area contributed by atoms with Crippen LogP contribution in [0.15, 0.2) is 175 Å². The highest BCUT2D eigenvalue weighted by molar-refractivity contribution is 8.00. The fourth-order valence-electron chi connectivity index (χ4n) is 9.23. The van der Waals surface area contributed by atoms with Gasteiger partial charge in [0.1, 0.15) is 10.0 Å². The van der Waals surface area contributed by atoms with Crippen LogP contribution < -0.4 is 9.80 Å². The van der Waals surface area contributed by atoms with Crippen molar-refractivity contribution >= 4 is 157 Å². The smallest absolute Gasteiger partial charge is 0.197 e. The molecule has 0 spiro atoms. The molecule has 14 heteroatoms. The number of para-hydroxylation sites is 1. The average Bonchev–Trinajstić information content (AvgIpc) is 4.25. The lowest BCUT2D eigenvalue weighted by Gasteiger charge is -2.31. The summed E-state index contributed by atoms with van der Waals surface area (Å²) in [5.41, 5.74) is 5.80. The van der Waals surface area contributed by atoms with Crippen molar-refractivity contribution in [3.8, 4) is 11.3 Å². The first-order chi connectivity index (χ1) is 33.3. The second-order valence-electron chi connectivity index (χ2n) is 16.4. The summed E-state index contributed by atoms with van der Waals surface area (Å²) in [7, 11) is 0. The lowest BCUT2D eigenvalue weighted by molar-refractivity contribution is 0.0975. The number of aromatic nitrogens is 2. The number of benzene rings is 4. The number of ketones is 4. The average molecular weight is 987 g/mol. The number of carbonyl (C=O) groups is 4. The zero-order valence-corrected chi connectivity index (χ0v) is 39.8. The number of nitrogens with zero attached hydrogens (tertiary/aromatic N) is 4. The van der Waals surface area contributed by atoms with Gasteiger partial charge < -0.3 is 0 Å². The van der Waals surface area contributed by atoms with E-state index in [0.29, 0.717) is 22.3 Å². The van der Waals surface area contributed by atoms with Gasteiger partial charge >= 0.3 is 0 Å². The van der Waals surface area contributed by atoms with Crippen LogP contribution in [0, 0.1) is 0 Å². The van der Waals surface area contributed by atoms with Crippen LogP contribution in [0.1, 0.15) is 51.2 Å². The van der Waals surface area contributed by atoms with E-state index in [4.69, 9.17) is 9.97 Å². The molecule has 0 N–H and O–H groups in total. The zero-order chi connectivity index (χ0) is 45.4. The number of pyridine rings is 2. The largest absolute Gasteiger partial charge is 0.288 e.